The Bertz CT molecular complexity index is 278. The summed E-state index contributed by atoms with van der Waals surface area (Å²) in [7, 11) is 0. The van der Waals surface area contributed by atoms with E-state index in [1.54, 1.807) is 0 Å². The van der Waals surface area contributed by atoms with E-state index in [0.717, 1.165) is 31.6 Å². The summed E-state index contributed by atoms with van der Waals surface area (Å²) in [5.41, 5.74) is 2.53. The van der Waals surface area contributed by atoms with Crippen molar-refractivity contribution < 1.29 is 9.53 Å². The van der Waals surface area contributed by atoms with Crippen molar-refractivity contribution >= 4 is 5.78 Å². The Morgan fingerprint density at radius 1 is 1.38 bits per heavy atom. The average Bonchev–Trinajstić information content (AvgIpc) is 2.12. The molecule has 2 heteroatoms. The fourth-order valence-electron chi connectivity index (χ4n) is 2.47. The second-order valence-electron chi connectivity index (χ2n) is 4.39. The summed E-state index contributed by atoms with van der Waals surface area (Å²) in [6.07, 6.45) is 2.63. The lowest BCUT2D eigenvalue weighted by molar-refractivity contribution is -0.117. The molecule has 2 aliphatic rings. The lowest BCUT2D eigenvalue weighted by Crippen LogP contribution is -2.36. The van der Waals surface area contributed by atoms with Crippen molar-refractivity contribution in [3.8, 4) is 0 Å². The van der Waals surface area contributed by atoms with Crippen LogP contribution >= 0.6 is 0 Å². The van der Waals surface area contributed by atoms with E-state index in [2.05, 4.69) is 6.92 Å². The van der Waals surface area contributed by atoms with Crippen LogP contribution in [0.3, 0.4) is 0 Å². The van der Waals surface area contributed by atoms with E-state index < -0.39 is 0 Å². The normalized spacial score (nSPS) is 34.8. The topological polar surface area (TPSA) is 26.3 Å². The first-order chi connectivity index (χ1) is 6.13. The van der Waals surface area contributed by atoms with Crippen molar-refractivity contribution in [2.45, 2.75) is 33.1 Å². The highest BCUT2D eigenvalue weighted by Gasteiger charge is 2.38. The number of fused-ring (bicyclic) bond motifs is 1. The largest absolute Gasteiger partial charge is 0.380 e. The fourth-order valence-corrected chi connectivity index (χ4v) is 2.47. The average molecular weight is 180 g/mol. The van der Waals surface area contributed by atoms with Gasteiger partial charge in [-0.25, -0.2) is 0 Å². The lowest BCUT2D eigenvalue weighted by atomic mass is 9.69. The van der Waals surface area contributed by atoms with Crippen LogP contribution in [0.25, 0.3) is 0 Å². The predicted molar refractivity (Wildman–Crippen MR) is 50.5 cm³/mol. The Morgan fingerprint density at radius 2 is 2.15 bits per heavy atom. The molecule has 0 aromatic heterocycles. The van der Waals surface area contributed by atoms with Gasteiger partial charge in [0.15, 0.2) is 5.78 Å². The second-order valence-corrected chi connectivity index (χ2v) is 4.39. The molecule has 0 amide bonds. The summed E-state index contributed by atoms with van der Waals surface area (Å²) >= 11 is 0. The molecule has 1 heterocycles. The van der Waals surface area contributed by atoms with Crippen molar-refractivity contribution in [3.05, 3.63) is 11.1 Å². The molecule has 2 rings (SSSR count). The molecule has 1 aliphatic carbocycles. The standard InChI is InChI=1S/C11H16O2/c1-8-9-4-6-13-7-11(9,2)5-3-10(8)12/h3-7H2,1-2H3/t11-/m1/s1. The highest BCUT2D eigenvalue weighted by atomic mass is 16.5. The molecule has 1 fully saturated rings. The summed E-state index contributed by atoms with van der Waals surface area (Å²) in [5, 5.41) is 0. The zero-order valence-electron chi connectivity index (χ0n) is 8.35. The van der Waals surface area contributed by atoms with Gasteiger partial charge >= 0.3 is 0 Å². The molecule has 0 N–H and O–H groups in total. The number of rotatable bonds is 0. The summed E-state index contributed by atoms with van der Waals surface area (Å²) in [5.74, 6) is 0.342. The number of allylic oxidation sites excluding steroid dienone is 1. The van der Waals surface area contributed by atoms with Gasteiger partial charge in [-0.1, -0.05) is 12.5 Å². The highest BCUT2D eigenvalue weighted by Crippen LogP contribution is 2.43. The van der Waals surface area contributed by atoms with Gasteiger partial charge in [0.1, 0.15) is 0 Å². The maximum absolute atomic E-state index is 11.5. The van der Waals surface area contributed by atoms with Gasteiger partial charge in [0.2, 0.25) is 0 Å². The first-order valence-corrected chi connectivity index (χ1v) is 4.95. The molecule has 0 unspecified atom stereocenters. The van der Waals surface area contributed by atoms with Gasteiger partial charge in [0.05, 0.1) is 13.2 Å². The first-order valence-electron chi connectivity index (χ1n) is 4.95. The van der Waals surface area contributed by atoms with Crippen LogP contribution in [0.1, 0.15) is 33.1 Å². The van der Waals surface area contributed by atoms with Gasteiger partial charge in [-0.3, -0.25) is 4.79 Å². The Kier molecular flexibility index (Phi) is 2.03. The molecule has 2 nitrogen and oxygen atoms in total. The maximum atomic E-state index is 11.5. The summed E-state index contributed by atoms with van der Waals surface area (Å²) < 4.78 is 5.48. The third-order valence-electron chi connectivity index (χ3n) is 3.42. The molecule has 1 saturated heterocycles. The van der Waals surface area contributed by atoms with E-state index in [1.165, 1.54) is 5.57 Å². The number of ether oxygens (including phenoxy) is 1. The quantitative estimate of drug-likeness (QED) is 0.570. The van der Waals surface area contributed by atoms with Crippen molar-refractivity contribution in [2.24, 2.45) is 5.41 Å². The van der Waals surface area contributed by atoms with Crippen LogP contribution in [0.4, 0.5) is 0 Å². The van der Waals surface area contributed by atoms with Crippen LogP contribution in [-0.2, 0) is 9.53 Å². The minimum Gasteiger partial charge on any atom is -0.380 e. The Hall–Kier alpha value is -0.630. The SMILES string of the molecule is CC1=C2CCOC[C@@]2(C)CCC1=O. The Morgan fingerprint density at radius 3 is 2.92 bits per heavy atom. The van der Waals surface area contributed by atoms with Gasteiger partial charge in [0.25, 0.3) is 0 Å². The predicted octanol–water partition coefficient (Wildman–Crippen LogP) is 2.09. The Balaban J connectivity index is 2.40. The molecule has 1 atom stereocenters. The number of hydrogen-bond acceptors (Lipinski definition) is 2. The van der Waals surface area contributed by atoms with E-state index in [-0.39, 0.29) is 5.41 Å². The van der Waals surface area contributed by atoms with E-state index in [0.29, 0.717) is 12.2 Å². The Labute approximate surface area is 79.0 Å². The number of hydrogen-bond donors (Lipinski definition) is 0. The summed E-state index contributed by atoms with van der Waals surface area (Å²) in [6, 6.07) is 0. The third-order valence-corrected chi connectivity index (χ3v) is 3.42. The maximum Gasteiger partial charge on any atom is 0.158 e. The van der Waals surface area contributed by atoms with Crippen LogP contribution in [0, 0.1) is 5.41 Å². The molecular weight excluding hydrogens is 164 g/mol. The van der Waals surface area contributed by atoms with Crippen LogP contribution in [-0.4, -0.2) is 19.0 Å². The number of ketones is 1. The number of carbonyl (C=O) groups excluding carboxylic acids is 1. The molecule has 0 radical (unpaired) electrons. The van der Waals surface area contributed by atoms with Gasteiger partial charge in [-0.05, 0) is 25.3 Å². The monoisotopic (exact) mass is 180 g/mol. The number of carbonyl (C=O) groups is 1. The van der Waals surface area contributed by atoms with Crippen LogP contribution in [0.15, 0.2) is 11.1 Å². The highest BCUT2D eigenvalue weighted by molar-refractivity contribution is 5.96. The summed E-state index contributed by atoms with van der Waals surface area (Å²) in [6.45, 7) is 5.78. The van der Waals surface area contributed by atoms with E-state index in [1.807, 2.05) is 6.92 Å². The van der Waals surface area contributed by atoms with Crippen LogP contribution in [0.5, 0.6) is 0 Å². The van der Waals surface area contributed by atoms with Crippen molar-refractivity contribution in [1.82, 2.24) is 0 Å². The molecule has 0 aromatic carbocycles. The van der Waals surface area contributed by atoms with E-state index in [9.17, 15) is 4.79 Å². The second kappa shape index (κ2) is 2.95. The summed E-state index contributed by atoms with van der Waals surface area (Å²) in [4.78, 5) is 11.5. The van der Waals surface area contributed by atoms with E-state index >= 15 is 0 Å². The van der Waals surface area contributed by atoms with Crippen molar-refractivity contribution in [3.63, 3.8) is 0 Å². The van der Waals surface area contributed by atoms with Gasteiger partial charge in [0, 0.05) is 11.8 Å². The van der Waals surface area contributed by atoms with Crippen LogP contribution < -0.4 is 0 Å². The first kappa shape index (κ1) is 8.95. The molecule has 0 saturated carbocycles. The lowest BCUT2D eigenvalue weighted by Gasteiger charge is -2.40. The van der Waals surface area contributed by atoms with Gasteiger partial charge in [-0.15, -0.1) is 0 Å². The molecule has 0 bridgehead atoms. The smallest absolute Gasteiger partial charge is 0.158 e. The minimum atomic E-state index is 0.163. The van der Waals surface area contributed by atoms with Crippen molar-refractivity contribution in [1.29, 1.82) is 0 Å². The van der Waals surface area contributed by atoms with Crippen molar-refractivity contribution in [2.75, 3.05) is 13.2 Å². The third kappa shape index (κ3) is 1.33. The van der Waals surface area contributed by atoms with E-state index in [4.69, 9.17) is 4.74 Å². The minimum absolute atomic E-state index is 0.163. The molecule has 0 aromatic rings. The molecular formula is C11H16O2. The van der Waals surface area contributed by atoms with Crippen LogP contribution in [0.2, 0.25) is 0 Å². The van der Waals surface area contributed by atoms with Gasteiger partial charge in [-0.2, -0.15) is 0 Å². The zero-order valence-corrected chi connectivity index (χ0v) is 8.35. The molecule has 1 aliphatic heterocycles. The number of Topliss-reactive ketones (excluding diaryl/α,β-unsaturated/α-hetero) is 1. The van der Waals surface area contributed by atoms with Gasteiger partial charge < -0.3 is 4.74 Å². The molecule has 13 heavy (non-hydrogen) atoms. The molecule has 72 valence electrons. The zero-order chi connectivity index (χ0) is 9.47. The fraction of sp³-hybridized carbons (Fsp3) is 0.727. The molecule has 0 spiro atoms.